The lowest BCUT2D eigenvalue weighted by atomic mass is 9.99. The summed E-state index contributed by atoms with van der Waals surface area (Å²) in [5.74, 6) is -0.988. The second kappa shape index (κ2) is 15.7. The van der Waals surface area contributed by atoms with Gasteiger partial charge in [-0.1, -0.05) is 18.2 Å². The standard InChI is InChI=1S/C37H36N6O10S2/c1-23(44)21-43(2)16-17-53-22-33(43)31-20-28(11-15-32(31)41-39-26-8-12-29(13-9-26)54(47,48)49)40-42-35-34(55(50,51)52)19-25-18-27(10-14-30(25)36(35)45)38-37(46)24-6-4-3-5-7-24/h3-15,18-20,23,33,44H,16-17,21-22H2,1-2H3,(H3-,38,39,40,45,46,47,48,49,50,51,52)/p+1. The summed E-state index contributed by atoms with van der Waals surface area (Å²) in [4.78, 5) is 11.7. The summed E-state index contributed by atoms with van der Waals surface area (Å²) in [6.07, 6.45) is -0.661. The van der Waals surface area contributed by atoms with Crippen LogP contribution in [0.4, 0.5) is 28.4 Å². The summed E-state index contributed by atoms with van der Waals surface area (Å²) >= 11 is 0. The van der Waals surface area contributed by atoms with Crippen LogP contribution in [-0.4, -0.2) is 86.0 Å². The highest BCUT2D eigenvalue weighted by Gasteiger charge is 2.40. The number of phenolic OH excluding ortho intramolecular Hbond substituents is 1. The minimum absolute atomic E-state index is 0.172. The lowest BCUT2D eigenvalue weighted by Gasteiger charge is -2.45. The van der Waals surface area contributed by atoms with Crippen LogP contribution in [0.5, 0.6) is 5.75 Å². The molecule has 55 heavy (non-hydrogen) atoms. The van der Waals surface area contributed by atoms with Crippen LogP contribution in [0.2, 0.25) is 0 Å². The van der Waals surface area contributed by atoms with Crippen LogP contribution >= 0.6 is 0 Å². The number of carbonyl (C=O) groups is 1. The van der Waals surface area contributed by atoms with Crippen LogP contribution in [0.3, 0.4) is 0 Å². The van der Waals surface area contributed by atoms with Crippen LogP contribution in [0, 0.1) is 0 Å². The molecule has 1 saturated heterocycles. The number of quaternary nitrogens is 1. The molecule has 0 spiro atoms. The van der Waals surface area contributed by atoms with E-state index in [1.54, 1.807) is 49.4 Å². The molecule has 5 N–H and O–H groups in total. The average Bonchev–Trinajstić information content (AvgIpc) is 3.13. The summed E-state index contributed by atoms with van der Waals surface area (Å²) in [6, 6.07) is 23.5. The van der Waals surface area contributed by atoms with Crippen molar-refractivity contribution in [3.05, 3.63) is 108 Å². The molecule has 0 saturated carbocycles. The molecular weight excluding hydrogens is 753 g/mol. The third-order valence-corrected chi connectivity index (χ3v) is 10.9. The summed E-state index contributed by atoms with van der Waals surface area (Å²) < 4.78 is 73.9. The molecule has 1 amide bonds. The van der Waals surface area contributed by atoms with Crippen molar-refractivity contribution in [2.45, 2.75) is 28.9 Å². The van der Waals surface area contributed by atoms with Crippen molar-refractivity contribution in [2.24, 2.45) is 20.5 Å². The fraction of sp³-hybridized carbons (Fsp3) is 0.216. The lowest BCUT2D eigenvalue weighted by Crippen LogP contribution is -2.56. The number of rotatable bonds is 11. The van der Waals surface area contributed by atoms with Gasteiger partial charge in [0.1, 0.15) is 42.4 Å². The number of carbonyl (C=O) groups excluding carboxylic acids is 1. The van der Waals surface area contributed by atoms with Crippen LogP contribution in [0.1, 0.15) is 28.9 Å². The van der Waals surface area contributed by atoms with E-state index in [9.17, 15) is 40.9 Å². The first-order valence-corrected chi connectivity index (χ1v) is 19.7. The Balaban J connectivity index is 1.39. The first-order valence-electron chi connectivity index (χ1n) is 16.8. The summed E-state index contributed by atoms with van der Waals surface area (Å²) in [5.41, 5.74) is 1.65. The van der Waals surface area contributed by atoms with E-state index < -0.39 is 54.6 Å². The molecule has 0 aromatic heterocycles. The molecule has 3 unspecified atom stereocenters. The Morgan fingerprint density at radius 1 is 0.873 bits per heavy atom. The molecule has 6 rings (SSSR count). The number of aliphatic hydroxyl groups is 1. The second-order valence-corrected chi connectivity index (χ2v) is 16.1. The molecular formula is C37H37N6O10S2+. The number of aromatic hydroxyl groups is 1. The zero-order valence-corrected chi connectivity index (χ0v) is 31.1. The Labute approximate surface area is 316 Å². The number of benzene rings is 5. The number of hydrogen-bond acceptors (Lipinski definition) is 12. The van der Waals surface area contributed by atoms with E-state index in [1.165, 1.54) is 48.5 Å². The summed E-state index contributed by atoms with van der Waals surface area (Å²) in [5, 5.41) is 41.8. The van der Waals surface area contributed by atoms with Crippen molar-refractivity contribution >= 4 is 65.4 Å². The first-order chi connectivity index (χ1) is 26.0. The fourth-order valence-electron chi connectivity index (χ4n) is 6.43. The van der Waals surface area contributed by atoms with Crippen molar-refractivity contribution in [2.75, 3.05) is 38.7 Å². The number of ether oxygens (including phenoxy) is 1. The van der Waals surface area contributed by atoms with Gasteiger partial charge in [-0.15, -0.1) is 5.11 Å². The van der Waals surface area contributed by atoms with Gasteiger partial charge in [0.25, 0.3) is 26.1 Å². The van der Waals surface area contributed by atoms with Gasteiger partial charge in [0.2, 0.25) is 0 Å². The molecule has 16 nitrogen and oxygen atoms in total. The van der Waals surface area contributed by atoms with Gasteiger partial charge >= 0.3 is 0 Å². The van der Waals surface area contributed by atoms with Gasteiger partial charge in [-0.25, -0.2) is 0 Å². The molecule has 1 aliphatic rings. The zero-order chi connectivity index (χ0) is 39.5. The largest absolute Gasteiger partial charge is 0.505 e. The lowest BCUT2D eigenvalue weighted by molar-refractivity contribution is -0.949. The number of hydrogen-bond donors (Lipinski definition) is 5. The van der Waals surface area contributed by atoms with E-state index in [-0.39, 0.29) is 28.0 Å². The SMILES string of the molecule is CC(O)C[N+]1(C)CCOCC1c1cc(N=Nc2c(S(=O)(=O)O)cc3cc(NC(=O)c4ccccc4)ccc3c2O)ccc1N=Nc1ccc(S(=O)(=O)O)cc1. The summed E-state index contributed by atoms with van der Waals surface area (Å²) in [6.45, 7) is 3.28. The Kier molecular flexibility index (Phi) is 11.2. The third kappa shape index (κ3) is 9.09. The van der Waals surface area contributed by atoms with Gasteiger partial charge in [-0.05, 0) is 91.2 Å². The zero-order valence-electron chi connectivity index (χ0n) is 29.5. The third-order valence-electron chi connectivity index (χ3n) is 9.12. The van der Waals surface area contributed by atoms with E-state index in [0.717, 1.165) is 6.07 Å². The van der Waals surface area contributed by atoms with Gasteiger partial charge in [0.15, 0.2) is 5.75 Å². The van der Waals surface area contributed by atoms with Gasteiger partial charge in [-0.3, -0.25) is 13.9 Å². The quantitative estimate of drug-likeness (QED) is 0.0521. The Bertz CT molecular complexity index is 2530. The van der Waals surface area contributed by atoms with Gasteiger partial charge in [0.05, 0.1) is 35.6 Å². The molecule has 3 atom stereocenters. The molecule has 18 heteroatoms. The maximum atomic E-state index is 12.7. The maximum absolute atomic E-state index is 12.7. The van der Waals surface area contributed by atoms with E-state index in [2.05, 4.69) is 25.8 Å². The molecule has 286 valence electrons. The molecule has 0 bridgehead atoms. The number of fused-ring (bicyclic) bond motifs is 1. The fourth-order valence-corrected chi connectivity index (χ4v) is 7.57. The first kappa shape index (κ1) is 39.2. The van der Waals surface area contributed by atoms with Crippen LogP contribution in [0.25, 0.3) is 10.8 Å². The van der Waals surface area contributed by atoms with Crippen molar-refractivity contribution < 1.29 is 50.2 Å². The molecule has 1 aliphatic heterocycles. The molecule has 5 aromatic rings. The second-order valence-electron chi connectivity index (χ2n) is 13.2. The van der Waals surface area contributed by atoms with E-state index >= 15 is 0 Å². The van der Waals surface area contributed by atoms with Crippen LogP contribution in [0.15, 0.2) is 127 Å². The predicted molar refractivity (Wildman–Crippen MR) is 202 cm³/mol. The minimum atomic E-state index is -4.95. The molecule has 5 aromatic carbocycles. The van der Waals surface area contributed by atoms with Gasteiger partial charge in [0, 0.05) is 22.2 Å². The van der Waals surface area contributed by atoms with E-state index in [0.29, 0.717) is 52.4 Å². The molecule has 1 heterocycles. The van der Waals surface area contributed by atoms with Gasteiger partial charge < -0.3 is 24.7 Å². The van der Waals surface area contributed by atoms with Crippen molar-refractivity contribution in [3.63, 3.8) is 0 Å². The van der Waals surface area contributed by atoms with Crippen molar-refractivity contribution in [1.82, 2.24) is 0 Å². The Hall–Kier alpha value is -5.47. The number of amides is 1. The number of likely N-dealkylation sites (N-methyl/N-ethyl adjacent to an activating group) is 1. The van der Waals surface area contributed by atoms with E-state index in [1.807, 2.05) is 7.05 Å². The number of aliphatic hydroxyl groups excluding tert-OH is 1. The topological polar surface area (TPSA) is 237 Å². The van der Waals surface area contributed by atoms with Gasteiger partial charge in [-0.2, -0.15) is 32.2 Å². The number of nitrogens with zero attached hydrogens (tertiary/aromatic N) is 5. The van der Waals surface area contributed by atoms with Crippen molar-refractivity contribution in [3.8, 4) is 5.75 Å². The Morgan fingerprint density at radius 3 is 2.24 bits per heavy atom. The smallest absolute Gasteiger partial charge is 0.296 e. The average molecular weight is 790 g/mol. The minimum Gasteiger partial charge on any atom is -0.505 e. The highest BCUT2D eigenvalue weighted by Crippen LogP contribution is 2.43. The maximum Gasteiger partial charge on any atom is 0.296 e. The van der Waals surface area contributed by atoms with Crippen LogP contribution < -0.4 is 5.32 Å². The highest BCUT2D eigenvalue weighted by atomic mass is 32.2. The number of anilines is 1. The molecule has 0 aliphatic carbocycles. The number of nitrogens with one attached hydrogen (secondary N) is 1. The number of phenols is 1. The normalized spacial score (nSPS) is 18.5. The van der Waals surface area contributed by atoms with E-state index in [4.69, 9.17) is 4.74 Å². The highest BCUT2D eigenvalue weighted by molar-refractivity contribution is 7.86. The van der Waals surface area contributed by atoms with Crippen LogP contribution in [-0.2, 0) is 25.0 Å². The number of azo groups is 2. The summed E-state index contributed by atoms with van der Waals surface area (Å²) in [7, 11) is -7.39. The molecule has 0 radical (unpaired) electrons. The number of morpholine rings is 1. The monoisotopic (exact) mass is 789 g/mol. The van der Waals surface area contributed by atoms with Crippen molar-refractivity contribution in [1.29, 1.82) is 0 Å². The predicted octanol–water partition coefficient (Wildman–Crippen LogP) is 7.02. The molecule has 1 fully saturated rings. The Morgan fingerprint density at radius 2 is 1.56 bits per heavy atom.